The van der Waals surface area contributed by atoms with E-state index in [9.17, 15) is 9.59 Å². The van der Waals surface area contributed by atoms with Crippen LogP contribution in [0.15, 0.2) is 18.2 Å². The van der Waals surface area contributed by atoms with Crippen molar-refractivity contribution in [3.05, 3.63) is 23.8 Å². The van der Waals surface area contributed by atoms with Gasteiger partial charge in [0.25, 0.3) is 5.91 Å². The predicted molar refractivity (Wildman–Crippen MR) is 72.8 cm³/mol. The van der Waals surface area contributed by atoms with Crippen molar-refractivity contribution < 1.29 is 14.3 Å². The average molecular weight is 265 g/mol. The zero-order valence-electron chi connectivity index (χ0n) is 10.9. The number of nitrogen functional groups attached to an aromatic ring is 1. The topological polar surface area (TPSA) is 107 Å². The van der Waals surface area contributed by atoms with Gasteiger partial charge in [-0.3, -0.25) is 9.59 Å². The largest absolute Gasteiger partial charge is 0.495 e. The molecule has 0 fully saturated rings. The first kappa shape index (κ1) is 14.8. The molecule has 19 heavy (non-hydrogen) atoms. The summed E-state index contributed by atoms with van der Waals surface area (Å²) in [5.74, 6) is -0.111. The van der Waals surface area contributed by atoms with E-state index in [0.717, 1.165) is 0 Å². The van der Waals surface area contributed by atoms with Crippen molar-refractivity contribution in [3.63, 3.8) is 0 Å². The quantitative estimate of drug-likeness (QED) is 0.497. The van der Waals surface area contributed by atoms with E-state index < -0.39 is 0 Å². The summed E-state index contributed by atoms with van der Waals surface area (Å²) in [6.45, 7) is 0.475. The maximum atomic E-state index is 11.9. The number of nitrogens with two attached hydrogens (primary N) is 2. The Morgan fingerprint density at radius 1 is 1.32 bits per heavy atom. The van der Waals surface area contributed by atoms with Crippen LogP contribution in [-0.4, -0.2) is 25.5 Å². The van der Waals surface area contributed by atoms with Crippen molar-refractivity contribution in [2.24, 2.45) is 5.73 Å². The highest BCUT2D eigenvalue weighted by Crippen LogP contribution is 2.24. The molecule has 0 bridgehead atoms. The number of hydrogen-bond acceptors (Lipinski definition) is 4. The molecule has 0 aliphatic carbocycles. The summed E-state index contributed by atoms with van der Waals surface area (Å²) in [6.07, 6.45) is 1.68. The molecular weight excluding hydrogens is 246 g/mol. The maximum Gasteiger partial charge on any atom is 0.253 e. The summed E-state index contributed by atoms with van der Waals surface area (Å²) in [6, 6.07) is 5.03. The van der Waals surface area contributed by atoms with Crippen LogP contribution < -0.4 is 21.5 Å². The van der Waals surface area contributed by atoms with Crippen molar-refractivity contribution in [2.45, 2.75) is 19.3 Å². The van der Waals surface area contributed by atoms with Crippen LogP contribution in [0.5, 0.6) is 5.75 Å². The van der Waals surface area contributed by atoms with Gasteiger partial charge >= 0.3 is 0 Å². The Labute approximate surface area is 112 Å². The second-order valence-corrected chi connectivity index (χ2v) is 4.10. The first-order chi connectivity index (χ1) is 9.06. The number of unbranched alkanes of at least 4 members (excludes halogenated alkanes) is 1. The summed E-state index contributed by atoms with van der Waals surface area (Å²) in [4.78, 5) is 22.4. The molecule has 1 aromatic carbocycles. The maximum absolute atomic E-state index is 11.9. The van der Waals surface area contributed by atoms with Crippen LogP contribution in [0.25, 0.3) is 0 Å². The smallest absolute Gasteiger partial charge is 0.253 e. The predicted octanol–water partition coefficient (Wildman–Crippen LogP) is 0.663. The van der Waals surface area contributed by atoms with Gasteiger partial charge in [-0.25, -0.2) is 0 Å². The lowest BCUT2D eigenvalue weighted by molar-refractivity contribution is -0.118. The lowest BCUT2D eigenvalue weighted by Gasteiger charge is -2.10. The minimum absolute atomic E-state index is 0.254. The Bertz CT molecular complexity index is 460. The van der Waals surface area contributed by atoms with E-state index in [-0.39, 0.29) is 11.8 Å². The molecule has 0 spiro atoms. The number of methoxy groups -OCH3 is 1. The molecule has 2 amide bonds. The van der Waals surface area contributed by atoms with E-state index in [1.54, 1.807) is 18.2 Å². The molecular formula is C13H19N3O3. The van der Waals surface area contributed by atoms with Crippen molar-refractivity contribution in [2.75, 3.05) is 19.4 Å². The third-order valence-electron chi connectivity index (χ3n) is 2.67. The number of anilines is 1. The number of carbonyl (C=O) groups is 2. The lowest BCUT2D eigenvalue weighted by atomic mass is 10.1. The highest BCUT2D eigenvalue weighted by atomic mass is 16.5. The normalized spacial score (nSPS) is 9.95. The van der Waals surface area contributed by atoms with E-state index >= 15 is 0 Å². The number of primary amides is 1. The highest BCUT2D eigenvalue weighted by Gasteiger charge is 2.12. The second-order valence-electron chi connectivity index (χ2n) is 4.10. The minimum Gasteiger partial charge on any atom is -0.495 e. The van der Waals surface area contributed by atoms with Crippen LogP contribution >= 0.6 is 0 Å². The summed E-state index contributed by atoms with van der Waals surface area (Å²) in [7, 11) is 1.50. The number of para-hydroxylation sites is 1. The SMILES string of the molecule is COc1cccc(C(=O)NCCCCC(N)=O)c1N. The van der Waals surface area contributed by atoms with Crippen molar-refractivity contribution >= 4 is 17.5 Å². The fraction of sp³-hybridized carbons (Fsp3) is 0.385. The lowest BCUT2D eigenvalue weighted by Crippen LogP contribution is -2.25. The van der Waals surface area contributed by atoms with E-state index in [0.29, 0.717) is 42.8 Å². The molecule has 0 radical (unpaired) electrons. The molecule has 6 heteroatoms. The van der Waals surface area contributed by atoms with E-state index in [1.807, 2.05) is 0 Å². The average Bonchev–Trinajstić information content (AvgIpc) is 2.38. The number of rotatable bonds is 7. The summed E-state index contributed by atoms with van der Waals surface area (Å²) < 4.78 is 5.05. The summed E-state index contributed by atoms with van der Waals surface area (Å²) in [5, 5.41) is 2.74. The van der Waals surface area contributed by atoms with Gasteiger partial charge < -0.3 is 21.5 Å². The van der Waals surface area contributed by atoms with Gasteiger partial charge in [-0.2, -0.15) is 0 Å². The number of amides is 2. The first-order valence-corrected chi connectivity index (χ1v) is 6.05. The monoisotopic (exact) mass is 265 g/mol. The number of ether oxygens (including phenoxy) is 1. The first-order valence-electron chi connectivity index (χ1n) is 6.05. The highest BCUT2D eigenvalue weighted by molar-refractivity contribution is 6.00. The van der Waals surface area contributed by atoms with Crippen molar-refractivity contribution in [1.29, 1.82) is 0 Å². The van der Waals surface area contributed by atoms with Gasteiger partial charge in [0, 0.05) is 13.0 Å². The number of carbonyl (C=O) groups excluding carboxylic acids is 2. The van der Waals surface area contributed by atoms with Crippen LogP contribution in [0.2, 0.25) is 0 Å². The summed E-state index contributed by atoms with van der Waals surface area (Å²) in [5.41, 5.74) is 11.5. The summed E-state index contributed by atoms with van der Waals surface area (Å²) >= 11 is 0. The molecule has 104 valence electrons. The zero-order chi connectivity index (χ0) is 14.3. The minimum atomic E-state index is -0.330. The number of nitrogens with one attached hydrogen (secondary N) is 1. The number of hydrogen-bond donors (Lipinski definition) is 3. The Morgan fingerprint density at radius 3 is 2.68 bits per heavy atom. The molecule has 5 N–H and O–H groups in total. The molecule has 0 saturated heterocycles. The van der Waals surface area contributed by atoms with Crippen LogP contribution in [-0.2, 0) is 4.79 Å². The standard InChI is InChI=1S/C13H19N3O3/c1-19-10-6-4-5-9(12(10)15)13(18)16-8-3-2-7-11(14)17/h4-6H,2-3,7-8,15H2,1H3,(H2,14,17)(H,16,18). The molecule has 6 nitrogen and oxygen atoms in total. The van der Waals surface area contributed by atoms with Gasteiger partial charge in [-0.05, 0) is 25.0 Å². The van der Waals surface area contributed by atoms with Crippen LogP contribution in [0.3, 0.4) is 0 Å². The molecule has 1 rings (SSSR count). The molecule has 0 aliphatic rings. The Balaban J connectivity index is 2.48. The van der Waals surface area contributed by atoms with E-state index in [4.69, 9.17) is 16.2 Å². The van der Waals surface area contributed by atoms with Gasteiger partial charge in [0.15, 0.2) is 0 Å². The molecule has 0 saturated carbocycles. The second kappa shape index (κ2) is 7.25. The van der Waals surface area contributed by atoms with Crippen LogP contribution in [0.4, 0.5) is 5.69 Å². The third kappa shape index (κ3) is 4.50. The Hall–Kier alpha value is -2.24. The van der Waals surface area contributed by atoms with Gasteiger partial charge in [0.1, 0.15) is 5.75 Å². The molecule has 0 aromatic heterocycles. The zero-order valence-corrected chi connectivity index (χ0v) is 10.9. The molecule has 0 aliphatic heterocycles. The number of benzene rings is 1. The van der Waals surface area contributed by atoms with E-state index in [2.05, 4.69) is 5.32 Å². The molecule has 0 unspecified atom stereocenters. The molecule has 0 atom stereocenters. The molecule has 1 aromatic rings. The van der Waals surface area contributed by atoms with Gasteiger partial charge in [0.05, 0.1) is 18.4 Å². The van der Waals surface area contributed by atoms with Gasteiger partial charge in [-0.15, -0.1) is 0 Å². The van der Waals surface area contributed by atoms with Gasteiger partial charge in [-0.1, -0.05) is 6.07 Å². The Morgan fingerprint density at radius 2 is 2.05 bits per heavy atom. The van der Waals surface area contributed by atoms with Gasteiger partial charge in [0.2, 0.25) is 5.91 Å². The molecule has 0 heterocycles. The third-order valence-corrected chi connectivity index (χ3v) is 2.67. The fourth-order valence-corrected chi connectivity index (χ4v) is 1.64. The van der Waals surface area contributed by atoms with Crippen molar-refractivity contribution in [3.8, 4) is 5.75 Å². The van der Waals surface area contributed by atoms with Crippen molar-refractivity contribution in [1.82, 2.24) is 5.32 Å². The van der Waals surface area contributed by atoms with Crippen LogP contribution in [0.1, 0.15) is 29.6 Å². The van der Waals surface area contributed by atoms with E-state index in [1.165, 1.54) is 7.11 Å². The van der Waals surface area contributed by atoms with Crippen LogP contribution in [0, 0.1) is 0 Å². The Kier molecular flexibility index (Phi) is 5.66. The fourth-order valence-electron chi connectivity index (χ4n) is 1.64.